The molecule has 0 amide bonds. The molecule has 4 heteroatoms. The summed E-state index contributed by atoms with van der Waals surface area (Å²) in [4.78, 5) is 0. The maximum absolute atomic E-state index is 12.6. The minimum absolute atomic E-state index is 0.186. The fourth-order valence-electron chi connectivity index (χ4n) is 2.33. The second-order valence-corrected chi connectivity index (χ2v) is 4.07. The van der Waals surface area contributed by atoms with Crippen LogP contribution in [0.5, 0.6) is 0 Å². The van der Waals surface area contributed by atoms with Crippen molar-refractivity contribution >= 4 is 0 Å². The van der Waals surface area contributed by atoms with E-state index in [9.17, 15) is 18.3 Å². The molecule has 84 valence electrons. The summed E-state index contributed by atoms with van der Waals surface area (Å²) in [5, 5.41) is 9.52. The fourth-order valence-corrected chi connectivity index (χ4v) is 2.33. The first-order valence-corrected chi connectivity index (χ1v) is 5.21. The highest BCUT2D eigenvalue weighted by atomic mass is 19.4. The lowest BCUT2D eigenvalue weighted by Gasteiger charge is -2.35. The van der Waals surface area contributed by atoms with Crippen molar-refractivity contribution < 1.29 is 18.3 Å². The third-order valence-corrected chi connectivity index (χ3v) is 3.15. The molecule has 0 spiro atoms. The molecule has 0 aromatic heterocycles. The van der Waals surface area contributed by atoms with E-state index in [1.54, 1.807) is 6.92 Å². The van der Waals surface area contributed by atoms with Crippen LogP contribution in [0.2, 0.25) is 0 Å². The Morgan fingerprint density at radius 2 is 1.86 bits per heavy atom. The summed E-state index contributed by atoms with van der Waals surface area (Å²) in [6.45, 7) is 1.73. The molecule has 1 aliphatic carbocycles. The summed E-state index contributed by atoms with van der Waals surface area (Å²) in [6, 6.07) is 0. The molecule has 0 saturated heterocycles. The van der Waals surface area contributed by atoms with Crippen LogP contribution in [0.15, 0.2) is 0 Å². The molecule has 14 heavy (non-hydrogen) atoms. The highest BCUT2D eigenvalue weighted by molar-refractivity contribution is 4.84. The van der Waals surface area contributed by atoms with Crippen LogP contribution in [0.1, 0.15) is 39.0 Å². The second-order valence-electron chi connectivity index (χ2n) is 4.07. The lowest BCUT2D eigenvalue weighted by atomic mass is 9.75. The first kappa shape index (κ1) is 11.8. The highest BCUT2D eigenvalue weighted by Gasteiger charge is 2.47. The van der Waals surface area contributed by atoms with E-state index in [0.717, 1.165) is 6.42 Å². The van der Waals surface area contributed by atoms with E-state index >= 15 is 0 Å². The molecular formula is C10H17F3O. The molecule has 0 aromatic rings. The van der Waals surface area contributed by atoms with Crippen LogP contribution < -0.4 is 0 Å². The van der Waals surface area contributed by atoms with Gasteiger partial charge in [0.05, 0.1) is 12.0 Å². The van der Waals surface area contributed by atoms with Crippen molar-refractivity contribution in [2.24, 2.45) is 11.8 Å². The van der Waals surface area contributed by atoms with Crippen molar-refractivity contribution in [2.45, 2.75) is 51.3 Å². The Bertz CT molecular complexity index is 179. The van der Waals surface area contributed by atoms with Gasteiger partial charge in [0.25, 0.3) is 0 Å². The summed E-state index contributed by atoms with van der Waals surface area (Å²) < 4.78 is 37.7. The SMILES string of the molecule is CCC(O)C1CCCCC1C(F)(F)F. The molecule has 3 unspecified atom stereocenters. The molecule has 0 radical (unpaired) electrons. The van der Waals surface area contributed by atoms with Gasteiger partial charge in [-0.1, -0.05) is 19.8 Å². The number of halogens is 3. The Kier molecular flexibility index (Phi) is 3.81. The quantitative estimate of drug-likeness (QED) is 0.742. The van der Waals surface area contributed by atoms with Gasteiger partial charge in [0.2, 0.25) is 0 Å². The van der Waals surface area contributed by atoms with Gasteiger partial charge in [-0.15, -0.1) is 0 Å². The molecule has 0 aliphatic heterocycles. The van der Waals surface area contributed by atoms with E-state index in [1.807, 2.05) is 0 Å². The number of hydrogen-bond acceptors (Lipinski definition) is 1. The van der Waals surface area contributed by atoms with Crippen LogP contribution in [0.3, 0.4) is 0 Å². The Hall–Kier alpha value is -0.250. The minimum atomic E-state index is -4.14. The lowest BCUT2D eigenvalue weighted by Crippen LogP contribution is -2.39. The van der Waals surface area contributed by atoms with E-state index in [2.05, 4.69) is 0 Å². The number of aliphatic hydroxyl groups is 1. The third-order valence-electron chi connectivity index (χ3n) is 3.15. The second kappa shape index (κ2) is 4.51. The number of aliphatic hydroxyl groups excluding tert-OH is 1. The molecule has 1 rings (SSSR count). The zero-order chi connectivity index (χ0) is 10.8. The first-order valence-electron chi connectivity index (χ1n) is 5.21. The summed E-state index contributed by atoms with van der Waals surface area (Å²) >= 11 is 0. The molecule has 1 aliphatic rings. The van der Waals surface area contributed by atoms with Gasteiger partial charge >= 0.3 is 6.18 Å². The van der Waals surface area contributed by atoms with Gasteiger partial charge in [-0.2, -0.15) is 13.2 Å². The van der Waals surface area contributed by atoms with Crippen LogP contribution in [0.4, 0.5) is 13.2 Å². The molecule has 1 N–H and O–H groups in total. The summed E-state index contributed by atoms with van der Waals surface area (Å²) in [7, 11) is 0. The fraction of sp³-hybridized carbons (Fsp3) is 1.00. The molecular weight excluding hydrogens is 193 g/mol. The van der Waals surface area contributed by atoms with Gasteiger partial charge in [0.15, 0.2) is 0 Å². The zero-order valence-corrected chi connectivity index (χ0v) is 8.35. The molecule has 1 saturated carbocycles. The maximum Gasteiger partial charge on any atom is 0.392 e. The van der Waals surface area contributed by atoms with Gasteiger partial charge < -0.3 is 5.11 Å². The van der Waals surface area contributed by atoms with E-state index < -0.39 is 24.1 Å². The Balaban J connectivity index is 2.69. The van der Waals surface area contributed by atoms with Crippen molar-refractivity contribution in [3.8, 4) is 0 Å². The van der Waals surface area contributed by atoms with Crippen molar-refractivity contribution in [3.05, 3.63) is 0 Å². The standard InChI is InChI=1S/C10H17F3O/c1-2-9(14)7-5-3-4-6-8(7)10(11,12)13/h7-9,14H,2-6H2,1H3. The molecule has 1 fully saturated rings. The monoisotopic (exact) mass is 210 g/mol. The van der Waals surface area contributed by atoms with Gasteiger partial charge in [-0.25, -0.2) is 0 Å². The maximum atomic E-state index is 12.6. The van der Waals surface area contributed by atoms with E-state index in [4.69, 9.17) is 0 Å². The smallest absolute Gasteiger partial charge is 0.392 e. The minimum Gasteiger partial charge on any atom is -0.393 e. The largest absolute Gasteiger partial charge is 0.393 e. The topological polar surface area (TPSA) is 20.2 Å². The summed E-state index contributed by atoms with van der Waals surface area (Å²) in [5.41, 5.74) is 0. The molecule has 1 nitrogen and oxygen atoms in total. The van der Waals surface area contributed by atoms with Crippen LogP contribution in [0, 0.1) is 11.8 Å². The predicted molar refractivity (Wildman–Crippen MR) is 47.8 cm³/mol. The first-order chi connectivity index (χ1) is 6.46. The summed E-state index contributed by atoms with van der Waals surface area (Å²) in [6.07, 6.45) is -2.36. The van der Waals surface area contributed by atoms with Crippen molar-refractivity contribution in [1.82, 2.24) is 0 Å². The third kappa shape index (κ3) is 2.62. The van der Waals surface area contributed by atoms with Gasteiger partial charge in [0.1, 0.15) is 0 Å². The number of hydrogen-bond donors (Lipinski definition) is 1. The van der Waals surface area contributed by atoms with Crippen LogP contribution >= 0.6 is 0 Å². The number of rotatable bonds is 2. The van der Waals surface area contributed by atoms with Crippen LogP contribution in [-0.2, 0) is 0 Å². The van der Waals surface area contributed by atoms with Crippen molar-refractivity contribution in [2.75, 3.05) is 0 Å². The van der Waals surface area contributed by atoms with Gasteiger partial charge in [-0.3, -0.25) is 0 Å². The Morgan fingerprint density at radius 3 is 2.36 bits per heavy atom. The predicted octanol–water partition coefficient (Wildman–Crippen LogP) is 3.13. The van der Waals surface area contributed by atoms with Gasteiger partial charge in [-0.05, 0) is 25.2 Å². The van der Waals surface area contributed by atoms with Crippen molar-refractivity contribution in [1.29, 1.82) is 0 Å². The van der Waals surface area contributed by atoms with E-state index in [-0.39, 0.29) is 6.42 Å². The van der Waals surface area contributed by atoms with Crippen LogP contribution in [0.25, 0.3) is 0 Å². The Labute approximate surface area is 82.3 Å². The molecule has 0 aromatic carbocycles. The van der Waals surface area contributed by atoms with Gasteiger partial charge in [0, 0.05) is 0 Å². The van der Waals surface area contributed by atoms with E-state index in [0.29, 0.717) is 19.3 Å². The normalized spacial score (nSPS) is 31.5. The number of alkyl halides is 3. The Morgan fingerprint density at radius 1 is 1.29 bits per heavy atom. The average Bonchev–Trinajstić information content (AvgIpc) is 2.15. The zero-order valence-electron chi connectivity index (χ0n) is 8.35. The summed E-state index contributed by atoms with van der Waals surface area (Å²) in [5.74, 6) is -1.86. The van der Waals surface area contributed by atoms with E-state index in [1.165, 1.54) is 0 Å². The molecule has 0 heterocycles. The highest BCUT2D eigenvalue weighted by Crippen LogP contribution is 2.43. The van der Waals surface area contributed by atoms with Crippen molar-refractivity contribution in [3.63, 3.8) is 0 Å². The average molecular weight is 210 g/mol. The molecule has 0 bridgehead atoms. The lowest BCUT2D eigenvalue weighted by molar-refractivity contribution is -0.206. The molecule has 3 atom stereocenters. The van der Waals surface area contributed by atoms with Crippen LogP contribution in [-0.4, -0.2) is 17.4 Å².